The minimum absolute atomic E-state index is 0.0838. The van der Waals surface area contributed by atoms with Gasteiger partial charge in [0.1, 0.15) is 5.75 Å². The number of hydrogen-bond donors (Lipinski definition) is 2. The molecule has 1 aromatic heterocycles. The highest BCUT2D eigenvalue weighted by Crippen LogP contribution is 2.65. The Balaban J connectivity index is 1.15. The van der Waals surface area contributed by atoms with Crippen molar-refractivity contribution in [2.24, 2.45) is 0 Å². The molecule has 2 aliphatic heterocycles. The molecule has 0 saturated heterocycles. The first-order valence-corrected chi connectivity index (χ1v) is 12.6. The van der Waals surface area contributed by atoms with Gasteiger partial charge in [-0.15, -0.1) is 0 Å². The lowest BCUT2D eigenvalue weighted by atomic mass is 9.91. The topological polar surface area (TPSA) is 70.2 Å². The second-order valence-corrected chi connectivity index (χ2v) is 10.2. The molecule has 1 aliphatic carbocycles. The lowest BCUT2D eigenvalue weighted by Crippen LogP contribution is -2.21. The Morgan fingerprint density at radius 1 is 1.08 bits per heavy atom. The van der Waals surface area contributed by atoms with Gasteiger partial charge in [0.2, 0.25) is 5.91 Å². The summed E-state index contributed by atoms with van der Waals surface area (Å²) in [6.07, 6.45) is 5.03. The van der Waals surface area contributed by atoms with Crippen LogP contribution in [0.25, 0.3) is 23.1 Å². The number of carbonyl (C=O) groups is 1. The van der Waals surface area contributed by atoms with E-state index in [1.807, 2.05) is 18.2 Å². The summed E-state index contributed by atoms with van der Waals surface area (Å²) in [6.45, 7) is 5.36. The lowest BCUT2D eigenvalue weighted by Gasteiger charge is -2.10. The number of carbonyl (C=O) groups excluding carboxylic acids is 1. The Kier molecular flexibility index (Phi) is 4.63. The molecule has 0 unspecified atom stereocenters. The highest BCUT2D eigenvalue weighted by atomic mass is 16.5. The Hall–Kier alpha value is -3.90. The number of anilines is 1. The van der Waals surface area contributed by atoms with Gasteiger partial charge < -0.3 is 10.1 Å². The standard InChI is InChI=1S/C30H28N4O2/c1-3-34-16-20-6-4-18(12-21(20)17-34)5-10-26-23-9-7-19(13-28(23)33-32-26)25-15-30(25)24-14-22(36-2)8-11-27(24)31-29(30)35/h4-14,25H,3,15-17H2,1-2H3,(H,31,35)(H,32,33)/t25-,30-/m0/s1. The molecule has 180 valence electrons. The molecule has 6 heteroatoms. The Bertz CT molecular complexity index is 1570. The SMILES string of the molecule is CCN1Cc2ccc(C=Cc3n[nH]c4cc([C@@H]5C[C@@]56C(=O)Nc5ccc(OC)cc56)ccc34)cc2C1. The van der Waals surface area contributed by atoms with Crippen LogP contribution in [0, 0.1) is 0 Å². The summed E-state index contributed by atoms with van der Waals surface area (Å²) in [4.78, 5) is 15.5. The largest absolute Gasteiger partial charge is 0.497 e. The molecule has 2 N–H and O–H groups in total. The van der Waals surface area contributed by atoms with Crippen LogP contribution in [0.5, 0.6) is 5.75 Å². The van der Waals surface area contributed by atoms with E-state index in [4.69, 9.17) is 4.74 Å². The number of nitrogens with zero attached hydrogens (tertiary/aromatic N) is 2. The van der Waals surface area contributed by atoms with Crippen LogP contribution in [0.1, 0.15) is 52.8 Å². The molecular weight excluding hydrogens is 448 g/mol. The number of benzene rings is 3. The first kappa shape index (κ1) is 21.4. The van der Waals surface area contributed by atoms with E-state index < -0.39 is 5.41 Å². The Morgan fingerprint density at radius 3 is 2.83 bits per heavy atom. The maximum absolute atomic E-state index is 13.0. The average Bonchev–Trinajstić information content (AvgIpc) is 3.18. The van der Waals surface area contributed by atoms with Gasteiger partial charge in [-0.05, 0) is 71.1 Å². The van der Waals surface area contributed by atoms with Crippen molar-refractivity contribution in [1.29, 1.82) is 0 Å². The van der Waals surface area contributed by atoms with Crippen molar-refractivity contribution in [3.8, 4) is 5.75 Å². The molecule has 4 aromatic rings. The van der Waals surface area contributed by atoms with Crippen molar-refractivity contribution >= 4 is 34.6 Å². The van der Waals surface area contributed by atoms with Crippen molar-refractivity contribution in [3.05, 3.63) is 88.1 Å². The molecule has 1 fully saturated rings. The van der Waals surface area contributed by atoms with Gasteiger partial charge in [-0.25, -0.2) is 0 Å². The van der Waals surface area contributed by atoms with Gasteiger partial charge in [-0.2, -0.15) is 5.10 Å². The molecule has 3 aromatic carbocycles. The van der Waals surface area contributed by atoms with Crippen molar-refractivity contribution in [3.63, 3.8) is 0 Å². The number of H-pyrrole nitrogens is 1. The van der Waals surface area contributed by atoms with Crippen molar-refractivity contribution < 1.29 is 9.53 Å². The van der Waals surface area contributed by atoms with Gasteiger partial charge >= 0.3 is 0 Å². The van der Waals surface area contributed by atoms with Crippen molar-refractivity contribution in [2.75, 3.05) is 19.0 Å². The number of nitrogens with one attached hydrogen (secondary N) is 2. The van der Waals surface area contributed by atoms with Crippen LogP contribution in [0.15, 0.2) is 54.6 Å². The highest BCUT2D eigenvalue weighted by Gasteiger charge is 2.65. The van der Waals surface area contributed by atoms with E-state index >= 15 is 0 Å². The van der Waals surface area contributed by atoms with E-state index in [9.17, 15) is 4.79 Å². The zero-order valence-corrected chi connectivity index (χ0v) is 20.5. The van der Waals surface area contributed by atoms with Crippen LogP contribution < -0.4 is 10.1 Å². The maximum Gasteiger partial charge on any atom is 0.235 e. The Morgan fingerprint density at radius 2 is 1.97 bits per heavy atom. The molecule has 1 spiro atoms. The van der Waals surface area contributed by atoms with Crippen LogP contribution in [-0.4, -0.2) is 34.7 Å². The summed E-state index contributed by atoms with van der Waals surface area (Å²) in [5.41, 5.74) is 8.56. The minimum Gasteiger partial charge on any atom is -0.497 e. The van der Waals surface area contributed by atoms with Gasteiger partial charge in [-0.1, -0.05) is 43.3 Å². The van der Waals surface area contributed by atoms with Crippen LogP contribution in [0.4, 0.5) is 5.69 Å². The molecule has 2 atom stereocenters. The normalized spacial score (nSPS) is 22.4. The number of fused-ring (bicyclic) bond motifs is 4. The Labute approximate surface area is 210 Å². The number of methoxy groups -OCH3 is 1. The van der Waals surface area contributed by atoms with Crippen LogP contribution in [0.3, 0.4) is 0 Å². The highest BCUT2D eigenvalue weighted by molar-refractivity contribution is 6.10. The lowest BCUT2D eigenvalue weighted by molar-refractivity contribution is -0.118. The summed E-state index contributed by atoms with van der Waals surface area (Å²) in [5.74, 6) is 1.01. The van der Waals surface area contributed by atoms with E-state index in [1.54, 1.807) is 7.11 Å². The first-order valence-electron chi connectivity index (χ1n) is 12.6. The second kappa shape index (κ2) is 7.80. The number of ether oxygens (including phenoxy) is 1. The molecule has 3 heterocycles. The summed E-state index contributed by atoms with van der Waals surface area (Å²) < 4.78 is 5.42. The summed E-state index contributed by atoms with van der Waals surface area (Å²) in [6, 6.07) is 19.0. The zero-order chi connectivity index (χ0) is 24.4. The third-order valence-electron chi connectivity index (χ3n) is 8.24. The van der Waals surface area contributed by atoms with Crippen LogP contribution in [0.2, 0.25) is 0 Å². The van der Waals surface area contributed by atoms with E-state index in [0.29, 0.717) is 0 Å². The second-order valence-electron chi connectivity index (χ2n) is 10.2. The fourth-order valence-electron chi connectivity index (χ4n) is 6.09. The molecule has 1 saturated carbocycles. The smallest absolute Gasteiger partial charge is 0.235 e. The van der Waals surface area contributed by atoms with Gasteiger partial charge in [0.25, 0.3) is 0 Å². The molecule has 1 amide bonds. The predicted molar refractivity (Wildman–Crippen MR) is 142 cm³/mol. The van der Waals surface area contributed by atoms with Crippen LogP contribution in [-0.2, 0) is 23.3 Å². The van der Waals surface area contributed by atoms with E-state index in [-0.39, 0.29) is 11.8 Å². The first-order chi connectivity index (χ1) is 17.6. The van der Waals surface area contributed by atoms with Crippen molar-refractivity contribution in [1.82, 2.24) is 15.1 Å². The van der Waals surface area contributed by atoms with Gasteiger partial charge in [0.15, 0.2) is 0 Å². The third-order valence-corrected chi connectivity index (χ3v) is 8.24. The number of aromatic amines is 1. The van der Waals surface area contributed by atoms with Crippen LogP contribution >= 0.6 is 0 Å². The zero-order valence-electron chi connectivity index (χ0n) is 20.5. The molecular formula is C30H28N4O2. The summed E-state index contributed by atoms with van der Waals surface area (Å²) >= 11 is 0. The third kappa shape index (κ3) is 3.14. The minimum atomic E-state index is -0.499. The quantitative estimate of drug-likeness (QED) is 0.402. The monoisotopic (exact) mass is 476 g/mol. The average molecular weight is 477 g/mol. The maximum atomic E-state index is 13.0. The molecule has 0 radical (unpaired) electrons. The van der Waals surface area contributed by atoms with Gasteiger partial charge in [-0.3, -0.25) is 14.8 Å². The fourth-order valence-corrected chi connectivity index (χ4v) is 6.09. The summed E-state index contributed by atoms with van der Waals surface area (Å²) in [7, 11) is 1.66. The van der Waals surface area contributed by atoms with E-state index in [0.717, 1.165) is 65.2 Å². The van der Waals surface area contributed by atoms with Gasteiger partial charge in [0.05, 0.1) is 23.7 Å². The van der Waals surface area contributed by atoms with Gasteiger partial charge in [0, 0.05) is 30.1 Å². The number of hydrogen-bond acceptors (Lipinski definition) is 4. The summed E-state index contributed by atoms with van der Waals surface area (Å²) in [5, 5.41) is 11.9. The molecule has 6 nitrogen and oxygen atoms in total. The molecule has 0 bridgehead atoms. The van der Waals surface area contributed by atoms with E-state index in [2.05, 4.69) is 75.9 Å². The molecule has 7 rings (SSSR count). The van der Waals surface area contributed by atoms with E-state index in [1.165, 1.54) is 16.7 Å². The fraction of sp³-hybridized carbons (Fsp3) is 0.267. The number of aromatic nitrogens is 2. The van der Waals surface area contributed by atoms with Crippen molar-refractivity contribution in [2.45, 2.75) is 37.8 Å². The molecule has 3 aliphatic rings. The predicted octanol–water partition coefficient (Wildman–Crippen LogP) is 5.45. The number of rotatable bonds is 5. The number of amides is 1. The molecule has 36 heavy (non-hydrogen) atoms.